The van der Waals surface area contributed by atoms with E-state index in [4.69, 9.17) is 5.73 Å². The van der Waals surface area contributed by atoms with Crippen molar-refractivity contribution in [1.29, 1.82) is 0 Å². The van der Waals surface area contributed by atoms with E-state index in [1.807, 2.05) is 12.2 Å². The molecule has 3 nitrogen and oxygen atoms in total. The highest BCUT2D eigenvalue weighted by Crippen LogP contribution is 2.36. The Kier molecular flexibility index (Phi) is 3.33. The van der Waals surface area contributed by atoms with Gasteiger partial charge in [0, 0.05) is 12.6 Å². The van der Waals surface area contributed by atoms with Crippen LogP contribution in [0.4, 0.5) is 0 Å². The molecule has 0 heterocycles. The third-order valence-corrected chi connectivity index (χ3v) is 3.95. The van der Waals surface area contributed by atoms with Crippen molar-refractivity contribution >= 4 is 5.91 Å². The van der Waals surface area contributed by atoms with Crippen LogP contribution in [0.1, 0.15) is 39.0 Å². The molecule has 1 amide bonds. The Morgan fingerprint density at radius 2 is 2.12 bits per heavy atom. The van der Waals surface area contributed by atoms with Gasteiger partial charge in [-0.1, -0.05) is 31.9 Å². The molecule has 0 bridgehead atoms. The molecule has 0 saturated heterocycles. The van der Waals surface area contributed by atoms with Crippen LogP contribution in [0.15, 0.2) is 12.2 Å². The van der Waals surface area contributed by atoms with Gasteiger partial charge < -0.3 is 11.1 Å². The molecule has 1 fully saturated rings. The third-order valence-electron chi connectivity index (χ3n) is 3.95. The summed E-state index contributed by atoms with van der Waals surface area (Å²) in [7, 11) is 0. The van der Waals surface area contributed by atoms with Gasteiger partial charge in [-0.15, -0.1) is 0 Å². The lowest BCUT2D eigenvalue weighted by Gasteiger charge is -2.24. The van der Waals surface area contributed by atoms with E-state index >= 15 is 0 Å². The number of rotatable bonds is 3. The van der Waals surface area contributed by atoms with Crippen LogP contribution in [0.3, 0.4) is 0 Å². The maximum atomic E-state index is 11.9. The first-order valence-electron chi connectivity index (χ1n) is 6.31. The average Bonchev–Trinajstić information content (AvgIpc) is 2.85. The number of carbonyl (C=O) groups is 1. The van der Waals surface area contributed by atoms with Gasteiger partial charge in [0.25, 0.3) is 0 Å². The summed E-state index contributed by atoms with van der Waals surface area (Å²) in [6.07, 6.45) is 9.74. The molecule has 2 aliphatic rings. The van der Waals surface area contributed by atoms with Crippen LogP contribution in [0.5, 0.6) is 0 Å². The first-order chi connectivity index (χ1) is 7.59. The number of hydrogen-bond donors (Lipinski definition) is 2. The monoisotopic (exact) mass is 222 g/mol. The molecule has 0 spiro atoms. The minimum atomic E-state index is 0.00000283. The van der Waals surface area contributed by atoms with Gasteiger partial charge in [-0.25, -0.2) is 0 Å². The Balaban J connectivity index is 1.77. The maximum Gasteiger partial charge on any atom is 0.227 e. The number of hydrogen-bond acceptors (Lipinski definition) is 2. The van der Waals surface area contributed by atoms with Gasteiger partial charge in [0.15, 0.2) is 0 Å². The van der Waals surface area contributed by atoms with Crippen molar-refractivity contribution in [3.63, 3.8) is 0 Å². The molecule has 0 radical (unpaired) electrons. The highest BCUT2D eigenvalue weighted by Gasteiger charge is 2.30. The molecular weight excluding hydrogens is 200 g/mol. The van der Waals surface area contributed by atoms with Crippen LogP contribution in [-0.4, -0.2) is 18.5 Å². The molecule has 0 aromatic rings. The quantitative estimate of drug-likeness (QED) is 0.712. The van der Waals surface area contributed by atoms with Gasteiger partial charge >= 0.3 is 0 Å². The first-order valence-corrected chi connectivity index (χ1v) is 6.31. The van der Waals surface area contributed by atoms with E-state index in [-0.39, 0.29) is 17.9 Å². The lowest BCUT2D eigenvalue weighted by Crippen LogP contribution is -2.37. The van der Waals surface area contributed by atoms with Gasteiger partial charge in [0.05, 0.1) is 5.92 Å². The molecule has 2 atom stereocenters. The highest BCUT2D eigenvalue weighted by molar-refractivity contribution is 5.81. The van der Waals surface area contributed by atoms with E-state index in [0.29, 0.717) is 5.41 Å². The molecule has 0 aromatic heterocycles. The molecule has 0 aromatic carbocycles. The summed E-state index contributed by atoms with van der Waals surface area (Å²) in [6.45, 7) is 3.10. The lowest BCUT2D eigenvalue weighted by molar-refractivity contribution is -0.124. The van der Waals surface area contributed by atoms with E-state index in [1.165, 1.54) is 25.7 Å². The van der Waals surface area contributed by atoms with Crippen molar-refractivity contribution < 1.29 is 4.79 Å². The SMILES string of the molecule is CC1(CNC(=O)C2C=CC(N)C2)CCCC1. The van der Waals surface area contributed by atoms with Gasteiger partial charge in [0.2, 0.25) is 5.91 Å². The van der Waals surface area contributed by atoms with Crippen LogP contribution >= 0.6 is 0 Å². The number of carbonyl (C=O) groups excluding carboxylic acids is 1. The van der Waals surface area contributed by atoms with Crippen molar-refractivity contribution in [1.82, 2.24) is 5.32 Å². The first kappa shape index (κ1) is 11.6. The summed E-state index contributed by atoms with van der Waals surface area (Å²) in [5, 5.41) is 3.08. The molecule has 2 unspecified atom stereocenters. The normalized spacial score (nSPS) is 31.9. The van der Waals surface area contributed by atoms with E-state index < -0.39 is 0 Å². The summed E-state index contributed by atoms with van der Waals surface area (Å²) < 4.78 is 0. The largest absolute Gasteiger partial charge is 0.355 e. The Labute approximate surface area is 97.5 Å². The van der Waals surface area contributed by atoms with Crippen LogP contribution in [-0.2, 0) is 4.79 Å². The Morgan fingerprint density at radius 3 is 2.69 bits per heavy atom. The summed E-state index contributed by atoms with van der Waals surface area (Å²) in [4.78, 5) is 11.9. The number of nitrogens with one attached hydrogen (secondary N) is 1. The standard InChI is InChI=1S/C13H22N2O/c1-13(6-2-3-7-13)9-15-12(16)10-4-5-11(14)8-10/h4-5,10-11H,2-3,6-9,14H2,1H3,(H,15,16). The third kappa shape index (κ3) is 2.64. The topological polar surface area (TPSA) is 55.1 Å². The zero-order valence-corrected chi connectivity index (χ0v) is 10.0. The predicted molar refractivity (Wildman–Crippen MR) is 64.8 cm³/mol. The zero-order chi connectivity index (χ0) is 11.6. The van der Waals surface area contributed by atoms with Crippen molar-refractivity contribution in [2.75, 3.05) is 6.54 Å². The van der Waals surface area contributed by atoms with Gasteiger partial charge in [0.1, 0.15) is 0 Å². The number of amides is 1. The fourth-order valence-corrected chi connectivity index (χ4v) is 2.76. The minimum absolute atomic E-state index is 0.00000283. The van der Waals surface area contributed by atoms with Crippen LogP contribution in [0.2, 0.25) is 0 Å². The molecular formula is C13H22N2O. The Bertz CT molecular complexity index is 292. The summed E-state index contributed by atoms with van der Waals surface area (Å²) in [5.74, 6) is 0.150. The van der Waals surface area contributed by atoms with E-state index in [0.717, 1.165) is 13.0 Å². The fourth-order valence-electron chi connectivity index (χ4n) is 2.76. The Morgan fingerprint density at radius 1 is 1.44 bits per heavy atom. The van der Waals surface area contributed by atoms with Gasteiger partial charge in [-0.05, 0) is 24.7 Å². The minimum Gasteiger partial charge on any atom is -0.355 e. The molecule has 16 heavy (non-hydrogen) atoms. The smallest absolute Gasteiger partial charge is 0.227 e. The van der Waals surface area contributed by atoms with Crippen LogP contribution in [0, 0.1) is 11.3 Å². The van der Waals surface area contributed by atoms with Crippen molar-refractivity contribution in [3.05, 3.63) is 12.2 Å². The molecule has 3 heteroatoms. The number of nitrogens with two attached hydrogens (primary N) is 1. The zero-order valence-electron chi connectivity index (χ0n) is 10.0. The molecule has 3 N–H and O–H groups in total. The maximum absolute atomic E-state index is 11.9. The van der Waals surface area contributed by atoms with Crippen LogP contribution < -0.4 is 11.1 Å². The molecule has 2 aliphatic carbocycles. The van der Waals surface area contributed by atoms with Gasteiger partial charge in [-0.2, -0.15) is 0 Å². The predicted octanol–water partition coefficient (Wildman–Crippen LogP) is 1.59. The fraction of sp³-hybridized carbons (Fsp3) is 0.769. The van der Waals surface area contributed by atoms with Crippen molar-refractivity contribution in [2.45, 2.75) is 45.1 Å². The summed E-state index contributed by atoms with van der Waals surface area (Å²) in [5.41, 5.74) is 6.07. The molecule has 1 saturated carbocycles. The van der Waals surface area contributed by atoms with Gasteiger partial charge in [-0.3, -0.25) is 4.79 Å². The van der Waals surface area contributed by atoms with Crippen LogP contribution in [0.25, 0.3) is 0 Å². The summed E-state index contributed by atoms with van der Waals surface area (Å²) >= 11 is 0. The van der Waals surface area contributed by atoms with Crippen molar-refractivity contribution in [2.24, 2.45) is 17.1 Å². The molecule has 0 aliphatic heterocycles. The molecule has 90 valence electrons. The van der Waals surface area contributed by atoms with E-state index in [9.17, 15) is 4.79 Å². The van der Waals surface area contributed by atoms with E-state index in [1.54, 1.807) is 0 Å². The lowest BCUT2D eigenvalue weighted by atomic mass is 9.88. The van der Waals surface area contributed by atoms with Crippen molar-refractivity contribution in [3.8, 4) is 0 Å². The second-order valence-electron chi connectivity index (χ2n) is 5.63. The summed E-state index contributed by atoms with van der Waals surface area (Å²) in [6, 6.07) is 0.0674. The second kappa shape index (κ2) is 4.58. The highest BCUT2D eigenvalue weighted by atomic mass is 16.1. The Hall–Kier alpha value is -0.830. The average molecular weight is 222 g/mol. The second-order valence-corrected chi connectivity index (χ2v) is 5.63. The molecule has 2 rings (SSSR count). The van der Waals surface area contributed by atoms with E-state index in [2.05, 4.69) is 12.2 Å².